The standard InChI is InChI=1S/C18H14BrN3O2/c19-15-8-6-13(7-9-15)11-21-22-17(23)12-24-16-5-1-3-14-4-2-10-20-18(14)16/h1-11H,12H2,(H,22,23). The SMILES string of the molecule is O=C(COc1cccc2cccnc12)NN=Cc1ccc(Br)cc1. The highest BCUT2D eigenvalue weighted by atomic mass is 79.9. The van der Waals surface area contributed by atoms with Crippen molar-refractivity contribution in [2.45, 2.75) is 0 Å². The number of aromatic nitrogens is 1. The predicted octanol–water partition coefficient (Wildman–Crippen LogP) is 3.53. The fraction of sp³-hybridized carbons (Fsp3) is 0.0556. The van der Waals surface area contributed by atoms with Gasteiger partial charge in [0, 0.05) is 16.1 Å². The predicted molar refractivity (Wildman–Crippen MR) is 97.1 cm³/mol. The van der Waals surface area contributed by atoms with E-state index in [0.29, 0.717) is 5.75 Å². The number of fused-ring (bicyclic) bond motifs is 1. The van der Waals surface area contributed by atoms with Crippen LogP contribution >= 0.6 is 15.9 Å². The molecule has 0 saturated carbocycles. The summed E-state index contributed by atoms with van der Waals surface area (Å²) < 4.78 is 6.53. The Balaban J connectivity index is 1.56. The molecule has 1 heterocycles. The van der Waals surface area contributed by atoms with Gasteiger partial charge in [-0.15, -0.1) is 0 Å². The van der Waals surface area contributed by atoms with Gasteiger partial charge in [0.05, 0.1) is 6.21 Å². The quantitative estimate of drug-likeness (QED) is 0.541. The van der Waals surface area contributed by atoms with E-state index in [4.69, 9.17) is 4.74 Å². The van der Waals surface area contributed by atoms with Gasteiger partial charge in [0.1, 0.15) is 11.3 Å². The zero-order chi connectivity index (χ0) is 16.8. The van der Waals surface area contributed by atoms with Crippen LogP contribution in [-0.4, -0.2) is 23.7 Å². The molecule has 0 atom stereocenters. The molecule has 0 aliphatic carbocycles. The summed E-state index contributed by atoms with van der Waals surface area (Å²) in [6, 6.07) is 17.0. The lowest BCUT2D eigenvalue weighted by atomic mass is 10.2. The lowest BCUT2D eigenvalue weighted by molar-refractivity contribution is -0.123. The van der Waals surface area contributed by atoms with E-state index in [1.165, 1.54) is 0 Å². The molecule has 0 unspecified atom stereocenters. The van der Waals surface area contributed by atoms with E-state index in [1.54, 1.807) is 18.5 Å². The summed E-state index contributed by atoms with van der Waals surface area (Å²) in [5.74, 6) is 0.233. The average Bonchev–Trinajstić information content (AvgIpc) is 2.61. The molecule has 120 valence electrons. The molecule has 24 heavy (non-hydrogen) atoms. The Labute approximate surface area is 147 Å². The summed E-state index contributed by atoms with van der Waals surface area (Å²) >= 11 is 3.36. The number of amides is 1. The van der Waals surface area contributed by atoms with E-state index in [-0.39, 0.29) is 12.5 Å². The molecule has 3 aromatic rings. The normalized spacial score (nSPS) is 10.9. The van der Waals surface area contributed by atoms with Crippen LogP contribution in [0.4, 0.5) is 0 Å². The third-order valence-corrected chi connectivity index (χ3v) is 3.76. The van der Waals surface area contributed by atoms with Crippen molar-refractivity contribution in [3.05, 3.63) is 70.8 Å². The van der Waals surface area contributed by atoms with Gasteiger partial charge in [-0.25, -0.2) is 5.43 Å². The molecule has 0 aliphatic rings. The Bertz CT molecular complexity index is 874. The summed E-state index contributed by atoms with van der Waals surface area (Å²) in [7, 11) is 0. The molecule has 5 nitrogen and oxygen atoms in total. The molecular formula is C18H14BrN3O2. The van der Waals surface area contributed by atoms with Gasteiger partial charge in [-0.1, -0.05) is 46.3 Å². The highest BCUT2D eigenvalue weighted by molar-refractivity contribution is 9.10. The number of nitrogens with one attached hydrogen (secondary N) is 1. The maximum absolute atomic E-state index is 11.8. The number of hydrogen-bond acceptors (Lipinski definition) is 4. The summed E-state index contributed by atoms with van der Waals surface area (Å²) in [4.78, 5) is 16.1. The summed E-state index contributed by atoms with van der Waals surface area (Å²) in [6.07, 6.45) is 3.27. The molecule has 0 spiro atoms. The minimum Gasteiger partial charge on any atom is -0.481 e. The van der Waals surface area contributed by atoms with E-state index in [0.717, 1.165) is 20.9 Å². The molecule has 3 rings (SSSR count). The van der Waals surface area contributed by atoms with Crippen LogP contribution in [0.2, 0.25) is 0 Å². The Kier molecular flexibility index (Phi) is 5.18. The summed E-state index contributed by atoms with van der Waals surface area (Å²) in [5, 5.41) is 4.87. The number of benzene rings is 2. The van der Waals surface area contributed by atoms with Crippen molar-refractivity contribution >= 4 is 39.0 Å². The van der Waals surface area contributed by atoms with Crippen LogP contribution in [-0.2, 0) is 4.79 Å². The van der Waals surface area contributed by atoms with Gasteiger partial charge in [0.25, 0.3) is 5.91 Å². The third-order valence-electron chi connectivity index (χ3n) is 3.23. The number of nitrogens with zero attached hydrogens (tertiary/aromatic N) is 2. The first-order valence-electron chi connectivity index (χ1n) is 7.26. The second-order valence-electron chi connectivity index (χ2n) is 4.96. The third kappa shape index (κ3) is 4.17. The van der Waals surface area contributed by atoms with Crippen LogP contribution in [0.25, 0.3) is 10.9 Å². The van der Waals surface area contributed by atoms with Crippen molar-refractivity contribution in [1.29, 1.82) is 0 Å². The first-order chi connectivity index (χ1) is 11.7. The Morgan fingerprint density at radius 1 is 1.17 bits per heavy atom. The molecule has 2 aromatic carbocycles. The number of ether oxygens (including phenoxy) is 1. The maximum Gasteiger partial charge on any atom is 0.277 e. The molecule has 0 aliphatic heterocycles. The van der Waals surface area contributed by atoms with Crippen molar-refractivity contribution in [1.82, 2.24) is 10.4 Å². The average molecular weight is 384 g/mol. The first-order valence-corrected chi connectivity index (χ1v) is 8.06. The van der Waals surface area contributed by atoms with E-state index < -0.39 is 0 Å². The number of hydrogen-bond donors (Lipinski definition) is 1. The smallest absolute Gasteiger partial charge is 0.277 e. The van der Waals surface area contributed by atoms with Gasteiger partial charge < -0.3 is 4.74 Å². The van der Waals surface area contributed by atoms with Gasteiger partial charge in [-0.05, 0) is 29.8 Å². The maximum atomic E-state index is 11.8. The van der Waals surface area contributed by atoms with Crippen molar-refractivity contribution in [3.8, 4) is 5.75 Å². The fourth-order valence-electron chi connectivity index (χ4n) is 2.10. The van der Waals surface area contributed by atoms with Crippen LogP contribution in [0.15, 0.2) is 70.4 Å². The van der Waals surface area contributed by atoms with E-state index in [1.807, 2.05) is 48.5 Å². The van der Waals surface area contributed by atoms with Crippen LogP contribution in [0.1, 0.15) is 5.56 Å². The van der Waals surface area contributed by atoms with Crippen molar-refractivity contribution in [3.63, 3.8) is 0 Å². The van der Waals surface area contributed by atoms with Gasteiger partial charge in [-0.3, -0.25) is 9.78 Å². The molecule has 1 amide bonds. The number of rotatable bonds is 5. The number of hydrazone groups is 1. The molecular weight excluding hydrogens is 370 g/mol. The molecule has 0 bridgehead atoms. The second kappa shape index (κ2) is 7.70. The van der Waals surface area contributed by atoms with Crippen LogP contribution in [0.3, 0.4) is 0 Å². The molecule has 0 fully saturated rings. The number of halogens is 1. The van der Waals surface area contributed by atoms with Gasteiger partial charge in [-0.2, -0.15) is 5.10 Å². The van der Waals surface area contributed by atoms with E-state index in [9.17, 15) is 4.79 Å². The number of pyridine rings is 1. The van der Waals surface area contributed by atoms with Gasteiger partial charge >= 0.3 is 0 Å². The minimum absolute atomic E-state index is 0.132. The zero-order valence-electron chi connectivity index (χ0n) is 12.6. The highest BCUT2D eigenvalue weighted by Gasteiger charge is 2.05. The zero-order valence-corrected chi connectivity index (χ0v) is 14.2. The molecule has 6 heteroatoms. The Morgan fingerprint density at radius 3 is 2.79 bits per heavy atom. The number of carbonyl (C=O) groups excluding carboxylic acids is 1. The van der Waals surface area contributed by atoms with E-state index in [2.05, 4.69) is 31.4 Å². The summed E-state index contributed by atoms with van der Waals surface area (Å²) in [6.45, 7) is -0.132. The molecule has 0 saturated heterocycles. The van der Waals surface area contributed by atoms with Crippen LogP contribution in [0, 0.1) is 0 Å². The summed E-state index contributed by atoms with van der Waals surface area (Å²) in [5.41, 5.74) is 4.05. The number of para-hydroxylation sites is 1. The molecule has 0 radical (unpaired) electrons. The van der Waals surface area contributed by atoms with Crippen LogP contribution in [0.5, 0.6) is 5.75 Å². The lowest BCUT2D eigenvalue weighted by Crippen LogP contribution is -2.24. The van der Waals surface area contributed by atoms with Gasteiger partial charge in [0.15, 0.2) is 6.61 Å². The minimum atomic E-state index is -0.337. The highest BCUT2D eigenvalue weighted by Crippen LogP contribution is 2.22. The lowest BCUT2D eigenvalue weighted by Gasteiger charge is -2.07. The fourth-order valence-corrected chi connectivity index (χ4v) is 2.36. The van der Waals surface area contributed by atoms with Crippen molar-refractivity contribution in [2.24, 2.45) is 5.10 Å². The van der Waals surface area contributed by atoms with E-state index >= 15 is 0 Å². The monoisotopic (exact) mass is 383 g/mol. The number of carbonyl (C=O) groups is 1. The molecule has 1 N–H and O–H groups in total. The molecule has 1 aromatic heterocycles. The topological polar surface area (TPSA) is 63.6 Å². The van der Waals surface area contributed by atoms with Crippen molar-refractivity contribution < 1.29 is 9.53 Å². The first kappa shape index (κ1) is 16.1. The Hall–Kier alpha value is -2.73. The second-order valence-corrected chi connectivity index (χ2v) is 5.88. The van der Waals surface area contributed by atoms with Gasteiger partial charge in [0.2, 0.25) is 0 Å². The Morgan fingerprint density at radius 2 is 1.96 bits per heavy atom. The largest absolute Gasteiger partial charge is 0.481 e. The van der Waals surface area contributed by atoms with Crippen LogP contribution < -0.4 is 10.2 Å². The van der Waals surface area contributed by atoms with Crippen molar-refractivity contribution in [2.75, 3.05) is 6.61 Å².